The molecule has 1 N–H and O–H groups in total. The summed E-state index contributed by atoms with van der Waals surface area (Å²) in [6, 6.07) is 4.84. The molecule has 0 aliphatic heterocycles. The first-order chi connectivity index (χ1) is 7.17. The zero-order chi connectivity index (χ0) is 11.3. The summed E-state index contributed by atoms with van der Waals surface area (Å²) < 4.78 is 0. The van der Waals surface area contributed by atoms with Gasteiger partial charge < -0.3 is 5.32 Å². The standard InChI is InChI=1S/C12H20ClNS/c1-4-10-5-6-11(15-10)8-14-12(7-13)9(2)3/h5-6,9,12,14H,4,7-8H2,1-3H3. The molecule has 3 heteroatoms. The van der Waals surface area contributed by atoms with Crippen LogP contribution >= 0.6 is 22.9 Å². The van der Waals surface area contributed by atoms with E-state index in [9.17, 15) is 0 Å². The van der Waals surface area contributed by atoms with Crippen molar-refractivity contribution in [2.75, 3.05) is 5.88 Å². The van der Waals surface area contributed by atoms with Crippen LogP contribution < -0.4 is 5.32 Å². The van der Waals surface area contributed by atoms with Gasteiger partial charge in [0, 0.05) is 28.2 Å². The number of rotatable bonds is 6. The molecule has 1 rings (SSSR count). The number of hydrogen-bond acceptors (Lipinski definition) is 2. The molecule has 0 saturated heterocycles. The van der Waals surface area contributed by atoms with Crippen LogP contribution in [-0.4, -0.2) is 11.9 Å². The third-order valence-electron chi connectivity index (χ3n) is 2.58. The molecule has 15 heavy (non-hydrogen) atoms. The summed E-state index contributed by atoms with van der Waals surface area (Å²) in [5, 5.41) is 3.50. The second-order valence-electron chi connectivity index (χ2n) is 4.11. The van der Waals surface area contributed by atoms with Crippen LogP contribution in [0.5, 0.6) is 0 Å². The van der Waals surface area contributed by atoms with Gasteiger partial charge in [-0.2, -0.15) is 0 Å². The molecule has 0 aliphatic carbocycles. The normalized spacial score (nSPS) is 13.4. The van der Waals surface area contributed by atoms with Gasteiger partial charge in [-0.05, 0) is 24.5 Å². The summed E-state index contributed by atoms with van der Waals surface area (Å²) in [5.41, 5.74) is 0. The molecule has 1 aromatic heterocycles. The van der Waals surface area contributed by atoms with Crippen molar-refractivity contribution in [2.45, 2.75) is 39.8 Å². The highest BCUT2D eigenvalue weighted by molar-refractivity contribution is 7.11. The van der Waals surface area contributed by atoms with Crippen molar-refractivity contribution in [1.82, 2.24) is 5.32 Å². The van der Waals surface area contributed by atoms with Crippen molar-refractivity contribution in [1.29, 1.82) is 0 Å². The van der Waals surface area contributed by atoms with Gasteiger partial charge in [0.1, 0.15) is 0 Å². The van der Waals surface area contributed by atoms with E-state index in [0.717, 1.165) is 13.0 Å². The van der Waals surface area contributed by atoms with Gasteiger partial charge in [0.15, 0.2) is 0 Å². The van der Waals surface area contributed by atoms with E-state index in [4.69, 9.17) is 11.6 Å². The Morgan fingerprint density at radius 2 is 2.00 bits per heavy atom. The van der Waals surface area contributed by atoms with Gasteiger partial charge in [-0.15, -0.1) is 22.9 Å². The van der Waals surface area contributed by atoms with E-state index < -0.39 is 0 Å². The number of aryl methyl sites for hydroxylation is 1. The van der Waals surface area contributed by atoms with E-state index in [1.165, 1.54) is 9.75 Å². The summed E-state index contributed by atoms with van der Waals surface area (Å²) in [6.07, 6.45) is 1.13. The Morgan fingerprint density at radius 1 is 1.33 bits per heavy atom. The second-order valence-corrected chi connectivity index (χ2v) is 5.67. The monoisotopic (exact) mass is 245 g/mol. The van der Waals surface area contributed by atoms with E-state index in [0.29, 0.717) is 17.8 Å². The molecule has 0 aliphatic rings. The second kappa shape index (κ2) is 6.51. The van der Waals surface area contributed by atoms with E-state index in [1.807, 2.05) is 11.3 Å². The first kappa shape index (κ1) is 13.0. The Labute approximate surface area is 102 Å². The maximum absolute atomic E-state index is 5.90. The molecule has 0 spiro atoms. The topological polar surface area (TPSA) is 12.0 Å². The number of thiophene rings is 1. The maximum atomic E-state index is 5.90. The van der Waals surface area contributed by atoms with Crippen LogP contribution in [0.15, 0.2) is 12.1 Å². The summed E-state index contributed by atoms with van der Waals surface area (Å²) in [7, 11) is 0. The molecular weight excluding hydrogens is 226 g/mol. The average Bonchev–Trinajstić information content (AvgIpc) is 2.66. The van der Waals surface area contributed by atoms with E-state index >= 15 is 0 Å². The summed E-state index contributed by atoms with van der Waals surface area (Å²) in [4.78, 5) is 2.86. The molecular formula is C12H20ClNS. The van der Waals surface area contributed by atoms with Crippen LogP contribution in [0, 0.1) is 5.92 Å². The van der Waals surface area contributed by atoms with Crippen LogP contribution in [0.2, 0.25) is 0 Å². The first-order valence-electron chi connectivity index (χ1n) is 5.54. The predicted molar refractivity (Wildman–Crippen MR) is 69.9 cm³/mol. The summed E-state index contributed by atoms with van der Waals surface area (Å²) in [5.74, 6) is 1.28. The minimum Gasteiger partial charge on any atom is -0.308 e. The third kappa shape index (κ3) is 4.13. The number of hydrogen-bond donors (Lipinski definition) is 1. The van der Waals surface area contributed by atoms with Crippen LogP contribution in [0.4, 0.5) is 0 Å². The zero-order valence-corrected chi connectivity index (χ0v) is 11.3. The highest BCUT2D eigenvalue weighted by Gasteiger charge is 2.11. The average molecular weight is 246 g/mol. The van der Waals surface area contributed by atoms with E-state index in [2.05, 4.69) is 38.2 Å². The minimum atomic E-state index is 0.416. The summed E-state index contributed by atoms with van der Waals surface area (Å²) in [6.45, 7) is 7.54. The lowest BCUT2D eigenvalue weighted by atomic mass is 10.1. The van der Waals surface area contributed by atoms with Crippen molar-refractivity contribution in [2.24, 2.45) is 5.92 Å². The molecule has 0 radical (unpaired) electrons. The molecule has 0 amide bonds. The molecule has 0 saturated carbocycles. The Balaban J connectivity index is 2.41. The van der Waals surface area contributed by atoms with Crippen LogP contribution in [-0.2, 0) is 13.0 Å². The zero-order valence-electron chi connectivity index (χ0n) is 9.72. The Morgan fingerprint density at radius 3 is 2.47 bits per heavy atom. The lowest BCUT2D eigenvalue weighted by Gasteiger charge is -2.19. The van der Waals surface area contributed by atoms with Gasteiger partial charge in [-0.1, -0.05) is 20.8 Å². The lowest BCUT2D eigenvalue weighted by Crippen LogP contribution is -2.34. The fourth-order valence-electron chi connectivity index (χ4n) is 1.41. The van der Waals surface area contributed by atoms with E-state index in [-0.39, 0.29) is 0 Å². The lowest BCUT2D eigenvalue weighted by molar-refractivity contribution is 0.432. The Hall–Kier alpha value is -0.0500. The molecule has 0 aromatic carbocycles. The van der Waals surface area contributed by atoms with Crippen molar-refractivity contribution in [3.8, 4) is 0 Å². The predicted octanol–water partition coefficient (Wildman–Crippen LogP) is 3.66. The van der Waals surface area contributed by atoms with Crippen LogP contribution in [0.3, 0.4) is 0 Å². The SMILES string of the molecule is CCc1ccc(CNC(CCl)C(C)C)s1. The van der Waals surface area contributed by atoms with Gasteiger partial charge in [0.2, 0.25) is 0 Å². The molecule has 1 unspecified atom stereocenters. The molecule has 1 atom stereocenters. The van der Waals surface area contributed by atoms with Crippen molar-refractivity contribution in [3.63, 3.8) is 0 Å². The molecule has 1 heterocycles. The highest BCUT2D eigenvalue weighted by atomic mass is 35.5. The summed E-state index contributed by atoms with van der Waals surface area (Å²) >= 11 is 7.79. The molecule has 1 aromatic rings. The van der Waals surface area contributed by atoms with Gasteiger partial charge in [-0.25, -0.2) is 0 Å². The molecule has 86 valence electrons. The maximum Gasteiger partial charge on any atom is 0.0380 e. The Bertz CT molecular complexity index is 283. The van der Waals surface area contributed by atoms with Gasteiger partial charge in [-0.3, -0.25) is 0 Å². The van der Waals surface area contributed by atoms with Gasteiger partial charge in [0.05, 0.1) is 0 Å². The van der Waals surface area contributed by atoms with E-state index in [1.54, 1.807) is 0 Å². The van der Waals surface area contributed by atoms with Gasteiger partial charge in [0.25, 0.3) is 0 Å². The number of halogens is 1. The fraction of sp³-hybridized carbons (Fsp3) is 0.667. The van der Waals surface area contributed by atoms with Gasteiger partial charge >= 0.3 is 0 Å². The molecule has 0 fully saturated rings. The quantitative estimate of drug-likeness (QED) is 0.755. The highest BCUT2D eigenvalue weighted by Crippen LogP contribution is 2.17. The Kier molecular flexibility index (Phi) is 5.65. The first-order valence-corrected chi connectivity index (χ1v) is 6.89. The van der Waals surface area contributed by atoms with Crippen LogP contribution in [0.25, 0.3) is 0 Å². The van der Waals surface area contributed by atoms with Crippen molar-refractivity contribution in [3.05, 3.63) is 21.9 Å². The number of alkyl halides is 1. The third-order valence-corrected chi connectivity index (χ3v) is 4.14. The van der Waals surface area contributed by atoms with Crippen molar-refractivity contribution < 1.29 is 0 Å². The largest absolute Gasteiger partial charge is 0.308 e. The number of nitrogens with one attached hydrogen (secondary N) is 1. The smallest absolute Gasteiger partial charge is 0.0380 e. The molecule has 0 bridgehead atoms. The van der Waals surface area contributed by atoms with Crippen LogP contribution in [0.1, 0.15) is 30.5 Å². The van der Waals surface area contributed by atoms with Crippen molar-refractivity contribution >= 4 is 22.9 Å². The fourth-order valence-corrected chi connectivity index (χ4v) is 2.78. The minimum absolute atomic E-state index is 0.416. The molecule has 1 nitrogen and oxygen atoms in total.